The summed E-state index contributed by atoms with van der Waals surface area (Å²) in [4.78, 5) is 32.5. The molecule has 12 heteroatoms. The quantitative estimate of drug-likeness (QED) is 0.377. The molecule has 31 heavy (non-hydrogen) atoms. The van der Waals surface area contributed by atoms with Crippen LogP contribution < -0.4 is 5.56 Å². The first-order valence-corrected chi connectivity index (χ1v) is 11.9. The summed E-state index contributed by atoms with van der Waals surface area (Å²) in [5, 5.41) is 18.5. The normalized spacial score (nSPS) is 11.8. The molecule has 0 saturated carbocycles. The number of carbonyl (C=O) groups is 1. The molecule has 2 N–H and O–H groups in total. The van der Waals surface area contributed by atoms with E-state index in [9.17, 15) is 18.0 Å². The lowest BCUT2D eigenvalue weighted by Crippen LogP contribution is -2.18. The van der Waals surface area contributed by atoms with Gasteiger partial charge in [0, 0.05) is 28.1 Å². The van der Waals surface area contributed by atoms with E-state index in [1.807, 2.05) is 0 Å². The van der Waals surface area contributed by atoms with E-state index in [-0.39, 0.29) is 34.1 Å². The molecule has 0 aliphatic heterocycles. The van der Waals surface area contributed by atoms with Crippen molar-refractivity contribution in [3.8, 4) is 10.7 Å². The van der Waals surface area contributed by atoms with E-state index < -0.39 is 34.3 Å². The number of hydrogen-bond acceptors (Lipinski definition) is 10. The van der Waals surface area contributed by atoms with E-state index in [0.717, 1.165) is 17.6 Å². The van der Waals surface area contributed by atoms with Gasteiger partial charge in [-0.2, -0.15) is 4.98 Å². The average molecular weight is 485 g/mol. The Bertz CT molecular complexity index is 1310. The highest BCUT2D eigenvalue weighted by molar-refractivity contribution is 7.90. The fraction of sp³-hybridized carbons (Fsp3) is 0.263. The van der Waals surface area contributed by atoms with E-state index in [1.165, 1.54) is 12.1 Å². The molecule has 0 aliphatic carbocycles. The molecule has 0 atom stereocenters. The molecule has 3 aromatic rings. The second-order valence-electron chi connectivity index (χ2n) is 6.58. The molecule has 0 aliphatic rings. The van der Waals surface area contributed by atoms with Crippen LogP contribution in [0.1, 0.15) is 12.1 Å². The number of nitrogens with zero attached hydrogens (tertiary/aromatic N) is 2. The maximum Gasteiger partial charge on any atom is 0.306 e. The first-order valence-electron chi connectivity index (χ1n) is 8.86. The predicted octanol–water partition coefficient (Wildman–Crippen LogP) is 1.56. The topological polar surface area (TPSA) is 144 Å². The number of esters is 1. The molecule has 0 fully saturated rings. The number of pyridine rings is 1. The molecule has 164 valence electrons. The molecule has 0 unspecified atom stereocenters. The predicted molar refractivity (Wildman–Crippen MR) is 115 cm³/mol. The van der Waals surface area contributed by atoms with Crippen LogP contribution in [0.3, 0.4) is 0 Å². The summed E-state index contributed by atoms with van der Waals surface area (Å²) >= 11 is 7.14. The Kier molecular flexibility index (Phi) is 7.02. The highest BCUT2D eigenvalue weighted by Gasteiger charge is 2.16. The number of ether oxygens (including phenoxy) is 1. The van der Waals surface area contributed by atoms with Gasteiger partial charge in [0.25, 0.3) is 5.56 Å². The Balaban J connectivity index is 2.00. The Morgan fingerprint density at radius 1 is 1.23 bits per heavy atom. The van der Waals surface area contributed by atoms with E-state index in [1.54, 1.807) is 18.2 Å². The molecule has 2 heterocycles. The van der Waals surface area contributed by atoms with Crippen molar-refractivity contribution in [2.45, 2.75) is 24.0 Å². The minimum atomic E-state index is -3.62. The summed E-state index contributed by atoms with van der Waals surface area (Å²) in [5.41, 5.74) is -0.0622. The minimum absolute atomic E-state index is 0.0328. The fourth-order valence-corrected chi connectivity index (χ4v) is 4.54. The second kappa shape index (κ2) is 9.37. The smallest absolute Gasteiger partial charge is 0.306 e. The number of halogens is 1. The molecule has 3 rings (SSSR count). The standard InChI is InChI=1S/C19H17ClN2O7S2/c1-31(27,28)12-7-11(3-5-17(25)29-9-16(23)24)21-14(8-12)19-22-18(26)13-4-2-10(20)6-15(13)30-19/h2,4,6-8,16,23-24H,3,5,9H2,1H3. The van der Waals surface area contributed by atoms with Crippen molar-refractivity contribution in [2.24, 2.45) is 0 Å². The molecule has 9 nitrogen and oxygen atoms in total. The lowest BCUT2D eigenvalue weighted by molar-refractivity contribution is -0.156. The van der Waals surface area contributed by atoms with Crippen LogP contribution in [0.2, 0.25) is 5.02 Å². The van der Waals surface area contributed by atoms with Gasteiger partial charge in [-0.25, -0.2) is 8.42 Å². The van der Waals surface area contributed by atoms with E-state index in [0.29, 0.717) is 15.1 Å². The summed E-state index contributed by atoms with van der Waals surface area (Å²) in [6.45, 7) is -0.571. The zero-order valence-corrected chi connectivity index (χ0v) is 18.5. The van der Waals surface area contributed by atoms with Gasteiger partial charge in [0.1, 0.15) is 17.3 Å². The van der Waals surface area contributed by atoms with Crippen molar-refractivity contribution in [1.82, 2.24) is 9.97 Å². The molecule has 2 aromatic heterocycles. The maximum atomic E-state index is 12.4. The van der Waals surface area contributed by atoms with Crippen LogP contribution in [0.25, 0.3) is 20.8 Å². The van der Waals surface area contributed by atoms with Crippen LogP contribution in [0.15, 0.2) is 40.0 Å². The average Bonchev–Trinajstić information content (AvgIpc) is 2.69. The van der Waals surface area contributed by atoms with Gasteiger partial charge < -0.3 is 14.9 Å². The van der Waals surface area contributed by atoms with Crippen LogP contribution in [-0.2, 0) is 25.8 Å². The van der Waals surface area contributed by atoms with Gasteiger partial charge in [-0.1, -0.05) is 11.6 Å². The number of hydrogen-bond donors (Lipinski definition) is 2. The van der Waals surface area contributed by atoms with Crippen LogP contribution in [0, 0.1) is 0 Å². The van der Waals surface area contributed by atoms with E-state index >= 15 is 0 Å². The van der Waals surface area contributed by atoms with Crippen LogP contribution in [-0.4, -0.2) is 53.7 Å². The summed E-state index contributed by atoms with van der Waals surface area (Å²) in [6, 6.07) is 7.39. The third kappa shape index (κ3) is 6.05. The second-order valence-corrected chi connectivity index (χ2v) is 10.1. The van der Waals surface area contributed by atoms with Crippen LogP contribution in [0.4, 0.5) is 0 Å². The number of aromatic nitrogens is 2. The molecule has 0 saturated heterocycles. The molecule has 0 amide bonds. The molecule has 0 bridgehead atoms. The number of carbonyl (C=O) groups excluding carboxylic acids is 1. The van der Waals surface area contributed by atoms with Crippen molar-refractivity contribution in [2.75, 3.05) is 12.9 Å². The van der Waals surface area contributed by atoms with Gasteiger partial charge in [0.2, 0.25) is 0 Å². The number of fused-ring (bicyclic) bond motifs is 1. The fourth-order valence-electron chi connectivity index (χ4n) is 2.63. The summed E-state index contributed by atoms with van der Waals surface area (Å²) in [5.74, 6) is -0.704. The largest absolute Gasteiger partial charge is 0.460 e. The van der Waals surface area contributed by atoms with E-state index in [4.69, 9.17) is 21.8 Å². The number of sulfone groups is 1. The number of aliphatic hydroxyl groups excluding tert-OH is 1. The summed E-state index contributed by atoms with van der Waals surface area (Å²) in [6.07, 6.45) is -0.880. The SMILES string of the molecule is CS(=O)(=O)c1cc(CCC(=O)OCC(O)O)nc(-c2nc(=O)c3ccc(Cl)cc3s2)c1. The number of rotatable bonds is 7. The Morgan fingerprint density at radius 2 is 1.97 bits per heavy atom. The third-order valence-electron chi connectivity index (χ3n) is 4.06. The molecular weight excluding hydrogens is 468 g/mol. The summed E-state index contributed by atoms with van der Waals surface area (Å²) in [7, 11) is -3.62. The maximum absolute atomic E-state index is 12.4. The zero-order valence-electron chi connectivity index (χ0n) is 16.1. The number of benzene rings is 1. The highest BCUT2D eigenvalue weighted by atomic mass is 35.5. The molecular formula is C19H17ClN2O7S2. The Morgan fingerprint density at radius 3 is 2.65 bits per heavy atom. The Labute approximate surface area is 185 Å². The molecule has 0 radical (unpaired) electrons. The number of aryl methyl sites for hydroxylation is 1. The first kappa shape index (κ1) is 23.2. The van der Waals surface area contributed by atoms with E-state index in [2.05, 4.69) is 14.7 Å². The highest BCUT2D eigenvalue weighted by Crippen LogP contribution is 2.28. The molecule has 0 spiro atoms. The first-order chi connectivity index (χ1) is 14.5. The van der Waals surface area contributed by atoms with Gasteiger partial charge in [-0.15, -0.1) is 11.3 Å². The van der Waals surface area contributed by atoms with Crippen molar-refractivity contribution in [3.05, 3.63) is 51.4 Å². The van der Waals surface area contributed by atoms with Crippen molar-refractivity contribution < 1.29 is 28.2 Å². The molecule has 1 aromatic carbocycles. The lowest BCUT2D eigenvalue weighted by atomic mass is 10.2. The van der Waals surface area contributed by atoms with Gasteiger partial charge in [0.05, 0.1) is 16.7 Å². The minimum Gasteiger partial charge on any atom is -0.460 e. The van der Waals surface area contributed by atoms with Crippen molar-refractivity contribution in [3.63, 3.8) is 0 Å². The van der Waals surface area contributed by atoms with Gasteiger partial charge in [-0.05, 0) is 30.3 Å². The lowest BCUT2D eigenvalue weighted by Gasteiger charge is -2.09. The summed E-state index contributed by atoms with van der Waals surface area (Å²) < 4.78 is 29.5. The Hall–Kier alpha value is -2.44. The zero-order chi connectivity index (χ0) is 22.8. The van der Waals surface area contributed by atoms with Crippen molar-refractivity contribution >= 4 is 48.8 Å². The monoisotopic (exact) mass is 484 g/mol. The third-order valence-corrected chi connectivity index (χ3v) is 6.44. The van der Waals surface area contributed by atoms with Crippen LogP contribution in [0.5, 0.6) is 0 Å². The van der Waals surface area contributed by atoms with Crippen molar-refractivity contribution in [1.29, 1.82) is 0 Å². The van der Waals surface area contributed by atoms with Gasteiger partial charge in [0.15, 0.2) is 16.1 Å². The van der Waals surface area contributed by atoms with Gasteiger partial charge >= 0.3 is 5.97 Å². The van der Waals surface area contributed by atoms with Crippen LogP contribution >= 0.6 is 22.9 Å². The van der Waals surface area contributed by atoms with Gasteiger partial charge in [-0.3, -0.25) is 14.6 Å². The number of aliphatic hydroxyl groups is 2.